The van der Waals surface area contributed by atoms with Crippen LogP contribution >= 0.6 is 15.9 Å². The molecule has 0 unspecified atom stereocenters. The lowest BCUT2D eigenvalue weighted by molar-refractivity contribution is -0.112. The number of dihydropyridines is 1. The highest BCUT2D eigenvalue weighted by Crippen LogP contribution is 2.23. The average molecular weight is 297 g/mol. The Morgan fingerprint density at radius 1 is 1.47 bits per heavy atom. The molecule has 2 rings (SSSR count). The number of aliphatic imine (C=N–C) groups is 1. The molecule has 1 aliphatic rings. The highest BCUT2D eigenvalue weighted by Gasteiger charge is 2.11. The predicted octanol–water partition coefficient (Wildman–Crippen LogP) is 2.93. The molecule has 1 amide bonds. The van der Waals surface area contributed by atoms with Gasteiger partial charge in [0.25, 0.3) is 5.91 Å². The first-order valence-corrected chi connectivity index (χ1v) is 5.92. The quantitative estimate of drug-likeness (QED) is 0.896. The molecule has 1 N–H and O–H groups in total. The van der Waals surface area contributed by atoms with Gasteiger partial charge >= 0.3 is 0 Å². The van der Waals surface area contributed by atoms with Crippen molar-refractivity contribution in [1.29, 1.82) is 0 Å². The van der Waals surface area contributed by atoms with Crippen molar-refractivity contribution in [2.24, 2.45) is 4.99 Å². The Morgan fingerprint density at radius 3 is 2.94 bits per heavy atom. The molecule has 0 spiro atoms. The maximum Gasteiger partial charge on any atom is 0.256 e. The number of carbonyl (C=O) groups excluding carboxylic acids is 1. The van der Waals surface area contributed by atoms with Crippen LogP contribution in [-0.2, 0) is 4.79 Å². The molecule has 0 aliphatic carbocycles. The molecule has 0 radical (unpaired) electrons. The normalized spacial score (nSPS) is 14.4. The largest absolute Gasteiger partial charge is 0.321 e. The minimum atomic E-state index is -0.353. The van der Waals surface area contributed by atoms with E-state index in [1.807, 2.05) is 6.08 Å². The van der Waals surface area contributed by atoms with Crippen molar-refractivity contribution in [2.45, 2.75) is 6.42 Å². The zero-order chi connectivity index (χ0) is 12.3. The van der Waals surface area contributed by atoms with Crippen LogP contribution in [0.4, 0.5) is 10.1 Å². The number of nitrogens with one attached hydrogen (secondary N) is 1. The van der Waals surface area contributed by atoms with Crippen molar-refractivity contribution >= 4 is 33.7 Å². The molecule has 17 heavy (non-hydrogen) atoms. The Bertz CT molecular complexity index is 511. The first-order chi connectivity index (χ1) is 8.16. The molecular weight excluding hydrogens is 287 g/mol. The van der Waals surface area contributed by atoms with Gasteiger partial charge in [0.15, 0.2) is 0 Å². The summed E-state index contributed by atoms with van der Waals surface area (Å²) in [6.07, 6.45) is 4.15. The van der Waals surface area contributed by atoms with E-state index in [1.165, 1.54) is 18.2 Å². The summed E-state index contributed by atoms with van der Waals surface area (Å²) in [7, 11) is 0. The lowest BCUT2D eigenvalue weighted by Crippen LogP contribution is -2.17. The number of hydrogen-bond acceptors (Lipinski definition) is 2. The van der Waals surface area contributed by atoms with Crippen molar-refractivity contribution < 1.29 is 9.18 Å². The molecule has 88 valence electrons. The second-order valence-electron chi connectivity index (χ2n) is 3.56. The van der Waals surface area contributed by atoms with E-state index in [9.17, 15) is 9.18 Å². The van der Waals surface area contributed by atoms with Gasteiger partial charge in [0, 0.05) is 17.2 Å². The molecule has 5 heteroatoms. The molecule has 3 nitrogen and oxygen atoms in total. The molecule has 0 atom stereocenters. The number of hydrogen-bond donors (Lipinski definition) is 1. The van der Waals surface area contributed by atoms with Gasteiger partial charge in [-0.25, -0.2) is 4.39 Å². The van der Waals surface area contributed by atoms with Crippen molar-refractivity contribution in [2.75, 3.05) is 11.9 Å². The highest BCUT2D eigenvalue weighted by atomic mass is 79.9. The third-order valence-corrected chi connectivity index (χ3v) is 2.95. The number of amides is 1. The van der Waals surface area contributed by atoms with Gasteiger partial charge in [0.2, 0.25) is 0 Å². The van der Waals surface area contributed by atoms with E-state index < -0.39 is 0 Å². The van der Waals surface area contributed by atoms with Crippen molar-refractivity contribution in [3.05, 3.63) is 40.1 Å². The standard InChI is InChI=1S/C12H10BrFN2O/c13-10-6-9(14)3-4-11(10)16-12(17)8-2-1-5-15-7-8/h2-4,6-7H,1,5H2,(H,16,17). The van der Waals surface area contributed by atoms with E-state index in [1.54, 1.807) is 6.21 Å². The molecule has 1 aromatic carbocycles. The first kappa shape index (κ1) is 12.0. The van der Waals surface area contributed by atoms with Gasteiger partial charge in [0.05, 0.1) is 11.3 Å². The SMILES string of the molecule is O=C(Nc1ccc(F)cc1Br)C1=CCCN=C1. The Kier molecular flexibility index (Phi) is 3.68. The van der Waals surface area contributed by atoms with E-state index >= 15 is 0 Å². The zero-order valence-electron chi connectivity index (χ0n) is 8.91. The fourth-order valence-corrected chi connectivity index (χ4v) is 1.90. The lowest BCUT2D eigenvalue weighted by atomic mass is 10.2. The Balaban J connectivity index is 2.13. The lowest BCUT2D eigenvalue weighted by Gasteiger charge is -2.09. The van der Waals surface area contributed by atoms with E-state index in [4.69, 9.17) is 0 Å². The minimum absolute atomic E-state index is 0.235. The maximum absolute atomic E-state index is 12.9. The summed E-state index contributed by atoms with van der Waals surface area (Å²) in [5.41, 5.74) is 1.07. The fourth-order valence-electron chi connectivity index (χ4n) is 1.45. The molecule has 0 bridgehead atoms. The van der Waals surface area contributed by atoms with Crippen LogP contribution in [0.3, 0.4) is 0 Å². The Labute approximate surface area is 107 Å². The summed E-state index contributed by atoms with van der Waals surface area (Å²) in [6.45, 7) is 0.719. The number of anilines is 1. The van der Waals surface area contributed by atoms with Gasteiger partial charge in [-0.3, -0.25) is 9.79 Å². The van der Waals surface area contributed by atoms with Gasteiger partial charge < -0.3 is 5.32 Å². The fraction of sp³-hybridized carbons (Fsp3) is 0.167. The molecule has 1 aliphatic heterocycles. The van der Waals surface area contributed by atoms with Crippen LogP contribution in [0.25, 0.3) is 0 Å². The Hall–Kier alpha value is -1.49. The van der Waals surface area contributed by atoms with Crippen LogP contribution in [0.5, 0.6) is 0 Å². The van der Waals surface area contributed by atoms with Gasteiger partial charge in [-0.1, -0.05) is 6.08 Å². The van der Waals surface area contributed by atoms with Crippen LogP contribution in [-0.4, -0.2) is 18.7 Å². The highest BCUT2D eigenvalue weighted by molar-refractivity contribution is 9.10. The summed E-state index contributed by atoms with van der Waals surface area (Å²) < 4.78 is 13.4. The van der Waals surface area contributed by atoms with Crippen LogP contribution in [0.2, 0.25) is 0 Å². The molecule has 0 saturated carbocycles. The van der Waals surface area contributed by atoms with E-state index in [0.717, 1.165) is 13.0 Å². The van der Waals surface area contributed by atoms with Crippen LogP contribution in [0.15, 0.2) is 39.3 Å². The minimum Gasteiger partial charge on any atom is -0.321 e. The van der Waals surface area contributed by atoms with Crippen molar-refractivity contribution in [3.8, 4) is 0 Å². The predicted molar refractivity (Wildman–Crippen MR) is 68.8 cm³/mol. The second kappa shape index (κ2) is 5.23. The van der Waals surface area contributed by atoms with Gasteiger partial charge in [0.1, 0.15) is 5.82 Å². The third-order valence-electron chi connectivity index (χ3n) is 2.29. The molecule has 0 aromatic heterocycles. The third kappa shape index (κ3) is 3.00. The molecule has 0 saturated heterocycles. The van der Waals surface area contributed by atoms with Crippen LogP contribution in [0.1, 0.15) is 6.42 Å². The number of nitrogens with zero attached hydrogens (tertiary/aromatic N) is 1. The monoisotopic (exact) mass is 296 g/mol. The van der Waals surface area contributed by atoms with Gasteiger partial charge in [-0.15, -0.1) is 0 Å². The zero-order valence-corrected chi connectivity index (χ0v) is 10.5. The average Bonchev–Trinajstić information content (AvgIpc) is 2.34. The maximum atomic E-state index is 12.9. The summed E-state index contributed by atoms with van der Waals surface area (Å²) in [5.74, 6) is -0.589. The van der Waals surface area contributed by atoms with Crippen molar-refractivity contribution in [3.63, 3.8) is 0 Å². The van der Waals surface area contributed by atoms with Gasteiger partial charge in [-0.05, 0) is 40.5 Å². The van der Waals surface area contributed by atoms with Crippen LogP contribution in [0, 0.1) is 5.82 Å². The molecule has 1 heterocycles. The van der Waals surface area contributed by atoms with E-state index in [2.05, 4.69) is 26.2 Å². The molecule has 0 fully saturated rings. The summed E-state index contributed by atoms with van der Waals surface area (Å²) >= 11 is 3.19. The van der Waals surface area contributed by atoms with E-state index in [0.29, 0.717) is 15.7 Å². The van der Waals surface area contributed by atoms with Gasteiger partial charge in [-0.2, -0.15) is 0 Å². The van der Waals surface area contributed by atoms with E-state index in [-0.39, 0.29) is 11.7 Å². The Morgan fingerprint density at radius 2 is 2.29 bits per heavy atom. The molecular formula is C12H10BrFN2O. The topological polar surface area (TPSA) is 41.5 Å². The summed E-state index contributed by atoms with van der Waals surface area (Å²) in [5, 5.41) is 2.70. The first-order valence-electron chi connectivity index (χ1n) is 5.13. The number of carbonyl (C=O) groups is 1. The summed E-state index contributed by atoms with van der Waals surface area (Å²) in [4.78, 5) is 15.9. The van der Waals surface area contributed by atoms with Crippen LogP contribution < -0.4 is 5.32 Å². The summed E-state index contributed by atoms with van der Waals surface area (Å²) in [6, 6.07) is 4.11. The number of rotatable bonds is 2. The smallest absolute Gasteiger partial charge is 0.256 e. The molecule has 1 aromatic rings. The number of benzene rings is 1. The van der Waals surface area contributed by atoms with Crippen molar-refractivity contribution in [1.82, 2.24) is 0 Å². The number of halogens is 2. The second-order valence-corrected chi connectivity index (χ2v) is 4.42.